The number of aryl methyl sites for hydroxylation is 3. The molecule has 7 nitrogen and oxygen atoms in total. The average molecular weight is 470 g/mol. The monoisotopic (exact) mass is 469 g/mol. The van der Waals surface area contributed by atoms with Gasteiger partial charge < -0.3 is 21.1 Å². The number of hydrogen-bond acceptors (Lipinski definition) is 3. The summed E-state index contributed by atoms with van der Waals surface area (Å²) in [5, 5.41) is 17.9. The first-order valence-electron chi connectivity index (χ1n) is 11.5. The molecule has 182 valence electrons. The maximum Gasteiger partial charge on any atom is 0.329 e. The molecule has 0 radical (unpaired) electrons. The van der Waals surface area contributed by atoms with Crippen molar-refractivity contribution >= 4 is 29.3 Å². The quantitative estimate of drug-likeness (QED) is 0.445. The van der Waals surface area contributed by atoms with Crippen LogP contribution in [0.4, 0.5) is 20.6 Å². The molecule has 0 heterocycles. The van der Waals surface area contributed by atoms with Crippen molar-refractivity contribution in [1.82, 2.24) is 5.32 Å². The second-order valence-corrected chi connectivity index (χ2v) is 9.34. The van der Waals surface area contributed by atoms with Crippen LogP contribution < -0.4 is 16.0 Å². The highest BCUT2D eigenvalue weighted by Crippen LogP contribution is 2.33. The zero-order chi connectivity index (χ0) is 25.0. The fraction of sp³-hybridized carbons (Fsp3) is 0.423. The molecular formula is C26H32FN3O4. The van der Waals surface area contributed by atoms with Gasteiger partial charge in [0.2, 0.25) is 0 Å². The first-order chi connectivity index (χ1) is 16.0. The molecule has 1 saturated carbocycles. The van der Waals surface area contributed by atoms with Crippen LogP contribution in [0.25, 0.3) is 0 Å². The number of aliphatic carboxylic acids is 1. The molecule has 2 aromatic rings. The van der Waals surface area contributed by atoms with Crippen LogP contribution in [0.1, 0.15) is 66.1 Å². The number of carbonyl (C=O) groups is 3. The number of halogens is 1. The van der Waals surface area contributed by atoms with Gasteiger partial charge in [-0.15, -0.1) is 0 Å². The lowest BCUT2D eigenvalue weighted by Crippen LogP contribution is -2.57. The summed E-state index contributed by atoms with van der Waals surface area (Å²) in [5.41, 5.74) is 1.89. The molecule has 2 aromatic carbocycles. The number of rotatable bonds is 6. The number of nitrogens with one attached hydrogen (secondary N) is 3. The van der Waals surface area contributed by atoms with Gasteiger partial charge in [0.25, 0.3) is 5.91 Å². The Morgan fingerprint density at radius 1 is 0.971 bits per heavy atom. The largest absolute Gasteiger partial charge is 0.480 e. The van der Waals surface area contributed by atoms with E-state index in [4.69, 9.17) is 0 Å². The summed E-state index contributed by atoms with van der Waals surface area (Å²) < 4.78 is 14.0. The number of carboxylic acid groups (broad SMARTS) is 1. The van der Waals surface area contributed by atoms with E-state index in [1.807, 2.05) is 32.9 Å². The van der Waals surface area contributed by atoms with Crippen LogP contribution in [-0.2, 0) is 4.79 Å². The minimum absolute atomic E-state index is 0.0165. The summed E-state index contributed by atoms with van der Waals surface area (Å²) in [6, 6.07) is 6.62. The van der Waals surface area contributed by atoms with E-state index in [0.29, 0.717) is 18.5 Å². The van der Waals surface area contributed by atoms with E-state index in [1.54, 1.807) is 0 Å². The lowest BCUT2D eigenvalue weighted by molar-refractivity contribution is -0.146. The number of amides is 3. The van der Waals surface area contributed by atoms with Gasteiger partial charge in [0, 0.05) is 5.69 Å². The Hall–Kier alpha value is -3.42. The van der Waals surface area contributed by atoms with Crippen molar-refractivity contribution in [1.29, 1.82) is 0 Å². The van der Waals surface area contributed by atoms with Gasteiger partial charge in [-0.25, -0.2) is 14.0 Å². The molecule has 4 N–H and O–H groups in total. The first-order valence-corrected chi connectivity index (χ1v) is 11.5. The van der Waals surface area contributed by atoms with Crippen molar-refractivity contribution in [3.8, 4) is 0 Å². The zero-order valence-corrected chi connectivity index (χ0v) is 20.0. The Balaban J connectivity index is 1.83. The minimum Gasteiger partial charge on any atom is -0.480 e. The normalized spacial score (nSPS) is 15.8. The summed E-state index contributed by atoms with van der Waals surface area (Å²) in [5.74, 6) is -2.65. The first kappa shape index (κ1) is 25.2. The Kier molecular flexibility index (Phi) is 7.59. The predicted molar refractivity (Wildman–Crippen MR) is 130 cm³/mol. The minimum atomic E-state index is -1.47. The van der Waals surface area contributed by atoms with Crippen LogP contribution in [0.5, 0.6) is 0 Å². The van der Waals surface area contributed by atoms with Crippen LogP contribution >= 0.6 is 0 Å². The number of benzene rings is 2. The Morgan fingerprint density at radius 3 is 2.18 bits per heavy atom. The number of urea groups is 1. The molecule has 34 heavy (non-hydrogen) atoms. The van der Waals surface area contributed by atoms with Gasteiger partial charge >= 0.3 is 12.0 Å². The van der Waals surface area contributed by atoms with Gasteiger partial charge in [0.1, 0.15) is 11.4 Å². The van der Waals surface area contributed by atoms with E-state index in [2.05, 4.69) is 16.0 Å². The van der Waals surface area contributed by atoms with Crippen molar-refractivity contribution in [3.05, 3.63) is 58.4 Å². The van der Waals surface area contributed by atoms with Crippen molar-refractivity contribution in [3.63, 3.8) is 0 Å². The highest BCUT2D eigenvalue weighted by molar-refractivity contribution is 6.08. The predicted octanol–water partition coefficient (Wildman–Crippen LogP) is 5.55. The number of carbonyl (C=O) groups excluding carboxylic acids is 2. The maximum atomic E-state index is 14.0. The number of hydrogen-bond donors (Lipinski definition) is 4. The highest BCUT2D eigenvalue weighted by atomic mass is 19.1. The zero-order valence-electron chi connectivity index (χ0n) is 20.0. The highest BCUT2D eigenvalue weighted by Gasteiger charge is 2.43. The van der Waals surface area contributed by atoms with E-state index < -0.39 is 29.3 Å². The Bertz CT molecular complexity index is 1090. The van der Waals surface area contributed by atoms with Crippen LogP contribution in [0, 0.1) is 32.5 Å². The van der Waals surface area contributed by atoms with Crippen LogP contribution in [0.3, 0.4) is 0 Å². The van der Waals surface area contributed by atoms with Crippen molar-refractivity contribution < 1.29 is 23.9 Å². The van der Waals surface area contributed by atoms with E-state index in [0.717, 1.165) is 48.1 Å². The molecule has 8 heteroatoms. The lowest BCUT2D eigenvalue weighted by Gasteiger charge is -2.37. The maximum absolute atomic E-state index is 14.0. The molecule has 0 aromatic heterocycles. The van der Waals surface area contributed by atoms with Gasteiger partial charge in [-0.3, -0.25) is 4.79 Å². The summed E-state index contributed by atoms with van der Waals surface area (Å²) >= 11 is 0. The van der Waals surface area contributed by atoms with Crippen LogP contribution in [-0.4, -0.2) is 28.6 Å². The molecule has 0 spiro atoms. The Morgan fingerprint density at radius 2 is 1.59 bits per heavy atom. The Labute approximate surface area is 199 Å². The van der Waals surface area contributed by atoms with Gasteiger partial charge in [-0.05, 0) is 75.8 Å². The molecule has 1 aliphatic carbocycles. The average Bonchev–Trinajstić information content (AvgIpc) is 2.76. The molecule has 0 saturated heterocycles. The summed E-state index contributed by atoms with van der Waals surface area (Å²) in [6.07, 6.45) is 4.27. The summed E-state index contributed by atoms with van der Waals surface area (Å²) in [4.78, 5) is 38.0. The number of carboxylic acids is 1. The molecule has 0 aliphatic heterocycles. The summed E-state index contributed by atoms with van der Waals surface area (Å²) in [7, 11) is 0. The smallest absolute Gasteiger partial charge is 0.329 e. The van der Waals surface area contributed by atoms with E-state index >= 15 is 0 Å². The van der Waals surface area contributed by atoms with Gasteiger partial charge in [-0.2, -0.15) is 0 Å². The molecular weight excluding hydrogens is 437 g/mol. The third kappa shape index (κ3) is 5.55. The molecule has 1 aliphatic rings. The SMILES string of the molecule is Cc1cc(C)c(NC(=O)Nc2cc(F)ccc2C(=O)N[C@](C)(C(=O)O)C2CCCCC2)c(C)c1. The van der Waals surface area contributed by atoms with Crippen molar-refractivity contribution in [2.45, 2.75) is 65.3 Å². The molecule has 1 atom stereocenters. The molecule has 3 rings (SSSR count). The van der Waals surface area contributed by atoms with Crippen molar-refractivity contribution in [2.24, 2.45) is 5.92 Å². The van der Waals surface area contributed by atoms with Crippen molar-refractivity contribution in [2.75, 3.05) is 10.6 Å². The molecule has 0 unspecified atom stereocenters. The van der Waals surface area contributed by atoms with Crippen LogP contribution in [0.2, 0.25) is 0 Å². The molecule has 3 amide bonds. The third-order valence-corrected chi connectivity index (χ3v) is 6.63. The number of anilines is 2. The fourth-order valence-electron chi connectivity index (χ4n) is 4.78. The van der Waals surface area contributed by atoms with E-state index in [9.17, 15) is 23.9 Å². The third-order valence-electron chi connectivity index (χ3n) is 6.63. The summed E-state index contributed by atoms with van der Waals surface area (Å²) in [6.45, 7) is 7.21. The topological polar surface area (TPSA) is 108 Å². The van der Waals surface area contributed by atoms with Crippen LogP contribution in [0.15, 0.2) is 30.3 Å². The van der Waals surface area contributed by atoms with Gasteiger partial charge in [0.05, 0.1) is 11.3 Å². The van der Waals surface area contributed by atoms with Gasteiger partial charge in [0.15, 0.2) is 0 Å². The second kappa shape index (κ2) is 10.2. The fourth-order valence-corrected chi connectivity index (χ4v) is 4.78. The second-order valence-electron chi connectivity index (χ2n) is 9.34. The van der Waals surface area contributed by atoms with E-state index in [1.165, 1.54) is 13.0 Å². The standard InChI is InChI=1S/C26H32FN3O4/c1-15-12-16(2)22(17(3)13-15)29-25(34)28-21-14-19(27)10-11-20(21)23(31)30-26(4,24(32)33)18-8-6-5-7-9-18/h10-14,18H,5-9H2,1-4H3,(H,30,31)(H,32,33)(H2,28,29,34)/t26-/m0/s1. The van der Waals surface area contributed by atoms with Gasteiger partial charge in [-0.1, -0.05) is 37.0 Å². The lowest BCUT2D eigenvalue weighted by atomic mass is 9.75. The molecule has 1 fully saturated rings. The molecule has 0 bridgehead atoms. The van der Waals surface area contributed by atoms with E-state index in [-0.39, 0.29) is 17.2 Å².